The lowest BCUT2D eigenvalue weighted by atomic mass is 9.96. The Labute approximate surface area is 103 Å². The highest BCUT2D eigenvalue weighted by Gasteiger charge is 2.22. The first-order chi connectivity index (χ1) is 7.59. The fraction of sp³-hybridized carbons (Fsp3) is 0.417. The molecule has 2 rings (SSSR count). The molecule has 0 unspecified atom stereocenters. The fourth-order valence-corrected chi connectivity index (χ4v) is 2.21. The first-order valence-corrected chi connectivity index (χ1v) is 6.08. The minimum atomic E-state index is -0.913. The van der Waals surface area contributed by atoms with Crippen molar-refractivity contribution < 1.29 is 14.6 Å². The Kier molecular flexibility index (Phi) is 3.19. The third kappa shape index (κ3) is 2.07. The Morgan fingerprint density at radius 3 is 2.69 bits per heavy atom. The summed E-state index contributed by atoms with van der Waals surface area (Å²) in [6, 6.07) is 3.32. The third-order valence-corrected chi connectivity index (χ3v) is 3.55. The summed E-state index contributed by atoms with van der Waals surface area (Å²) in [4.78, 5) is 11.0. The van der Waals surface area contributed by atoms with Crippen molar-refractivity contribution in [3.63, 3.8) is 0 Å². The molecule has 1 saturated carbocycles. The van der Waals surface area contributed by atoms with E-state index in [1.165, 1.54) is 6.42 Å². The van der Waals surface area contributed by atoms with Crippen LogP contribution in [0.5, 0.6) is 5.75 Å². The van der Waals surface area contributed by atoms with Crippen molar-refractivity contribution >= 4 is 21.9 Å². The minimum Gasteiger partial charge on any atom is -0.489 e. The van der Waals surface area contributed by atoms with Gasteiger partial charge in [0, 0.05) is 5.56 Å². The van der Waals surface area contributed by atoms with E-state index in [4.69, 9.17) is 9.84 Å². The number of rotatable bonds is 3. The number of carboxylic acids is 1. The first-order valence-electron chi connectivity index (χ1n) is 5.28. The zero-order valence-electron chi connectivity index (χ0n) is 9.00. The second kappa shape index (κ2) is 4.45. The van der Waals surface area contributed by atoms with E-state index < -0.39 is 5.97 Å². The molecule has 0 aliphatic heterocycles. The van der Waals surface area contributed by atoms with Crippen LogP contribution < -0.4 is 4.74 Å². The average Bonchev–Trinajstić information content (AvgIpc) is 2.14. The van der Waals surface area contributed by atoms with Gasteiger partial charge in [-0.15, -0.1) is 0 Å². The van der Waals surface area contributed by atoms with Crippen molar-refractivity contribution in [2.24, 2.45) is 0 Å². The normalized spacial score (nSPS) is 15.6. The predicted octanol–water partition coefficient (Wildman–Crippen LogP) is 3.39. The molecule has 0 bridgehead atoms. The van der Waals surface area contributed by atoms with E-state index >= 15 is 0 Å². The minimum absolute atomic E-state index is 0.249. The smallest absolute Gasteiger partial charge is 0.336 e. The van der Waals surface area contributed by atoms with Crippen LogP contribution in [0.1, 0.15) is 35.2 Å². The molecular weight excluding hydrogens is 272 g/mol. The monoisotopic (exact) mass is 284 g/mol. The van der Waals surface area contributed by atoms with Crippen LogP contribution in [0.15, 0.2) is 16.6 Å². The first kappa shape index (κ1) is 11.5. The summed E-state index contributed by atoms with van der Waals surface area (Å²) in [5.41, 5.74) is 0.992. The molecule has 1 fully saturated rings. The highest BCUT2D eigenvalue weighted by Crippen LogP contribution is 2.35. The second-order valence-corrected chi connectivity index (χ2v) is 4.88. The average molecular weight is 285 g/mol. The highest BCUT2D eigenvalue weighted by molar-refractivity contribution is 9.10. The van der Waals surface area contributed by atoms with Crippen molar-refractivity contribution in [3.05, 3.63) is 27.7 Å². The van der Waals surface area contributed by atoms with Crippen LogP contribution in [0.25, 0.3) is 0 Å². The van der Waals surface area contributed by atoms with E-state index in [0.29, 0.717) is 16.9 Å². The van der Waals surface area contributed by atoms with Crippen molar-refractivity contribution in [2.45, 2.75) is 32.3 Å². The van der Waals surface area contributed by atoms with Crippen molar-refractivity contribution in [1.82, 2.24) is 0 Å². The zero-order valence-corrected chi connectivity index (χ0v) is 10.6. The molecule has 1 aromatic carbocycles. The number of halogens is 1. The highest BCUT2D eigenvalue weighted by atomic mass is 79.9. The van der Waals surface area contributed by atoms with Gasteiger partial charge in [0.25, 0.3) is 0 Å². The quantitative estimate of drug-likeness (QED) is 0.926. The fourth-order valence-electron chi connectivity index (χ4n) is 1.69. The van der Waals surface area contributed by atoms with Crippen LogP contribution in [0.2, 0.25) is 0 Å². The van der Waals surface area contributed by atoms with Gasteiger partial charge in [0.1, 0.15) is 5.75 Å². The molecular formula is C12H13BrO3. The molecule has 1 aliphatic rings. The third-order valence-electron chi connectivity index (χ3n) is 2.92. The van der Waals surface area contributed by atoms with Gasteiger partial charge in [-0.25, -0.2) is 4.79 Å². The van der Waals surface area contributed by atoms with Gasteiger partial charge in [-0.05, 0) is 54.2 Å². The lowest BCUT2D eigenvalue weighted by molar-refractivity contribution is 0.0693. The molecule has 0 aromatic heterocycles. The SMILES string of the molecule is Cc1c(C(=O)O)ccc(Br)c1OC1CCC1. The number of carboxylic acid groups (broad SMARTS) is 1. The van der Waals surface area contributed by atoms with Gasteiger partial charge in [0.15, 0.2) is 0 Å². The molecule has 16 heavy (non-hydrogen) atoms. The number of hydrogen-bond donors (Lipinski definition) is 1. The van der Waals surface area contributed by atoms with Gasteiger partial charge in [0.2, 0.25) is 0 Å². The van der Waals surface area contributed by atoms with Gasteiger partial charge in [-0.1, -0.05) is 0 Å². The van der Waals surface area contributed by atoms with Crippen molar-refractivity contribution in [3.8, 4) is 5.75 Å². The van der Waals surface area contributed by atoms with E-state index in [-0.39, 0.29) is 6.10 Å². The number of hydrogen-bond acceptors (Lipinski definition) is 2. The summed E-state index contributed by atoms with van der Waals surface area (Å²) in [5, 5.41) is 9.02. The maximum atomic E-state index is 11.0. The lowest BCUT2D eigenvalue weighted by Gasteiger charge is -2.28. The van der Waals surface area contributed by atoms with Crippen LogP contribution in [-0.4, -0.2) is 17.2 Å². The number of carbonyl (C=O) groups is 1. The number of ether oxygens (including phenoxy) is 1. The summed E-state index contributed by atoms with van der Waals surface area (Å²) in [5.74, 6) is -0.243. The zero-order chi connectivity index (χ0) is 11.7. The van der Waals surface area contributed by atoms with Gasteiger partial charge in [-0.3, -0.25) is 0 Å². The Morgan fingerprint density at radius 2 is 2.19 bits per heavy atom. The van der Waals surface area contributed by atoms with Crippen LogP contribution in [-0.2, 0) is 0 Å². The van der Waals surface area contributed by atoms with Crippen LogP contribution in [0.4, 0.5) is 0 Å². The molecule has 0 amide bonds. The number of aromatic carboxylic acids is 1. The summed E-state index contributed by atoms with van der Waals surface area (Å²) in [6.45, 7) is 1.78. The summed E-state index contributed by atoms with van der Waals surface area (Å²) in [7, 11) is 0. The molecule has 1 aromatic rings. The van der Waals surface area contributed by atoms with E-state index in [1.807, 2.05) is 0 Å². The number of benzene rings is 1. The van der Waals surface area contributed by atoms with Gasteiger partial charge in [0.05, 0.1) is 16.1 Å². The van der Waals surface area contributed by atoms with Gasteiger partial charge in [-0.2, -0.15) is 0 Å². The Morgan fingerprint density at radius 1 is 1.50 bits per heavy atom. The Balaban J connectivity index is 2.33. The maximum Gasteiger partial charge on any atom is 0.336 e. The molecule has 4 heteroatoms. The van der Waals surface area contributed by atoms with Gasteiger partial charge < -0.3 is 9.84 Å². The molecule has 86 valence electrons. The molecule has 1 N–H and O–H groups in total. The van der Waals surface area contributed by atoms with Gasteiger partial charge >= 0.3 is 5.97 Å². The largest absolute Gasteiger partial charge is 0.489 e. The van der Waals surface area contributed by atoms with E-state index in [2.05, 4.69) is 15.9 Å². The maximum absolute atomic E-state index is 11.0. The Bertz CT molecular complexity index is 425. The standard InChI is InChI=1S/C12H13BrO3/c1-7-9(12(14)15)5-6-10(13)11(7)16-8-3-2-4-8/h5-6,8H,2-4H2,1H3,(H,14,15). The molecule has 3 nitrogen and oxygen atoms in total. The van der Waals surface area contributed by atoms with E-state index in [9.17, 15) is 4.79 Å². The molecule has 0 radical (unpaired) electrons. The van der Waals surface area contributed by atoms with Crippen molar-refractivity contribution in [1.29, 1.82) is 0 Å². The molecule has 0 atom stereocenters. The van der Waals surface area contributed by atoms with Crippen LogP contribution >= 0.6 is 15.9 Å². The lowest BCUT2D eigenvalue weighted by Crippen LogP contribution is -2.25. The summed E-state index contributed by atoms with van der Waals surface area (Å²) >= 11 is 3.39. The van der Waals surface area contributed by atoms with E-state index in [0.717, 1.165) is 17.3 Å². The Hall–Kier alpha value is -1.03. The topological polar surface area (TPSA) is 46.5 Å². The van der Waals surface area contributed by atoms with Crippen molar-refractivity contribution in [2.75, 3.05) is 0 Å². The molecule has 0 heterocycles. The van der Waals surface area contributed by atoms with Crippen LogP contribution in [0, 0.1) is 6.92 Å². The summed E-state index contributed by atoms with van der Waals surface area (Å²) in [6.07, 6.45) is 3.56. The molecule has 0 spiro atoms. The predicted molar refractivity (Wildman–Crippen MR) is 64.1 cm³/mol. The molecule has 1 aliphatic carbocycles. The van der Waals surface area contributed by atoms with E-state index in [1.54, 1.807) is 19.1 Å². The summed E-state index contributed by atoms with van der Waals surface area (Å²) < 4.78 is 6.61. The second-order valence-electron chi connectivity index (χ2n) is 4.02. The molecule has 0 saturated heterocycles. The van der Waals surface area contributed by atoms with Crippen LogP contribution in [0.3, 0.4) is 0 Å².